The van der Waals surface area contributed by atoms with Crippen LogP contribution in [-0.2, 0) is 4.74 Å². The third-order valence-corrected chi connectivity index (χ3v) is 4.71. The number of hydrogen-bond acceptors (Lipinski definition) is 3. The molecule has 116 valence electrons. The van der Waals surface area contributed by atoms with E-state index in [1.54, 1.807) is 6.07 Å². The number of benzene rings is 1. The number of ether oxygens (including phenoxy) is 1. The van der Waals surface area contributed by atoms with Gasteiger partial charge in [-0.25, -0.2) is 8.78 Å². The highest BCUT2D eigenvalue weighted by Gasteiger charge is 2.35. The fraction of sp³-hybridized carbons (Fsp3) is 0.625. The first-order chi connectivity index (χ1) is 10.2. The molecule has 0 spiro atoms. The van der Waals surface area contributed by atoms with Crippen LogP contribution < -0.4 is 5.73 Å². The number of hydrogen-bond donors (Lipinski definition) is 1. The Bertz CT molecular complexity index is 497. The minimum atomic E-state index is -0.829. The van der Waals surface area contributed by atoms with Crippen molar-refractivity contribution in [3.63, 3.8) is 0 Å². The van der Waals surface area contributed by atoms with Gasteiger partial charge in [0.15, 0.2) is 11.6 Å². The van der Waals surface area contributed by atoms with Crippen molar-refractivity contribution in [1.29, 1.82) is 0 Å². The molecule has 0 radical (unpaired) electrons. The Morgan fingerprint density at radius 3 is 3.05 bits per heavy atom. The van der Waals surface area contributed by atoms with Crippen LogP contribution >= 0.6 is 0 Å². The lowest BCUT2D eigenvalue weighted by atomic mass is 10.0. The second-order valence-electron chi connectivity index (χ2n) is 5.98. The van der Waals surface area contributed by atoms with E-state index in [2.05, 4.69) is 4.90 Å². The predicted octanol–water partition coefficient (Wildman–Crippen LogP) is 2.61. The molecule has 1 aliphatic carbocycles. The highest BCUT2D eigenvalue weighted by Crippen LogP contribution is 2.30. The molecule has 2 fully saturated rings. The van der Waals surface area contributed by atoms with Crippen molar-refractivity contribution >= 4 is 0 Å². The lowest BCUT2D eigenvalue weighted by molar-refractivity contribution is -0.0561. The number of rotatable bonds is 4. The summed E-state index contributed by atoms with van der Waals surface area (Å²) in [6.45, 7) is 2.46. The van der Waals surface area contributed by atoms with E-state index in [0.29, 0.717) is 18.6 Å². The zero-order valence-electron chi connectivity index (χ0n) is 12.1. The summed E-state index contributed by atoms with van der Waals surface area (Å²) >= 11 is 0. The molecule has 3 rings (SSSR count). The summed E-state index contributed by atoms with van der Waals surface area (Å²) in [7, 11) is 0. The number of nitrogens with two attached hydrogens (primary N) is 1. The summed E-state index contributed by atoms with van der Waals surface area (Å²) in [4.78, 5) is 2.40. The predicted molar refractivity (Wildman–Crippen MR) is 76.9 cm³/mol. The van der Waals surface area contributed by atoms with Gasteiger partial charge in [0.05, 0.1) is 12.7 Å². The molecule has 2 N–H and O–H groups in total. The van der Waals surface area contributed by atoms with Crippen molar-refractivity contribution in [1.82, 2.24) is 4.90 Å². The van der Waals surface area contributed by atoms with Crippen LogP contribution in [0.25, 0.3) is 0 Å². The standard InChI is InChI=1S/C16H22F2N2O/c17-12-4-1-3-11(16(12)18)13(19)7-8-20-9-10-21-15-6-2-5-14(15)20/h1,3-4,13-15H,2,5-10,19H2. The SMILES string of the molecule is NC(CCN1CCOC2CCCC21)c1cccc(F)c1F. The molecular formula is C16H22F2N2O. The van der Waals surface area contributed by atoms with Gasteiger partial charge in [0.1, 0.15) is 0 Å². The first-order valence-electron chi connectivity index (χ1n) is 7.72. The van der Waals surface area contributed by atoms with Crippen molar-refractivity contribution in [3.05, 3.63) is 35.4 Å². The molecule has 3 unspecified atom stereocenters. The van der Waals surface area contributed by atoms with Gasteiger partial charge in [0.25, 0.3) is 0 Å². The number of morpholine rings is 1. The van der Waals surface area contributed by atoms with Crippen LogP contribution in [0.5, 0.6) is 0 Å². The van der Waals surface area contributed by atoms with Crippen molar-refractivity contribution in [2.45, 2.75) is 43.9 Å². The Morgan fingerprint density at radius 1 is 1.33 bits per heavy atom. The van der Waals surface area contributed by atoms with E-state index in [0.717, 1.165) is 38.6 Å². The van der Waals surface area contributed by atoms with Gasteiger partial charge in [-0.3, -0.25) is 4.90 Å². The summed E-state index contributed by atoms with van der Waals surface area (Å²) in [6, 6.07) is 4.21. The Kier molecular flexibility index (Phi) is 4.52. The number of halogens is 2. The second-order valence-corrected chi connectivity index (χ2v) is 5.98. The molecule has 3 nitrogen and oxygen atoms in total. The van der Waals surface area contributed by atoms with Crippen LogP contribution in [0, 0.1) is 11.6 Å². The minimum absolute atomic E-state index is 0.270. The fourth-order valence-corrected chi connectivity index (χ4v) is 3.55. The van der Waals surface area contributed by atoms with Gasteiger partial charge in [0, 0.05) is 30.7 Å². The topological polar surface area (TPSA) is 38.5 Å². The number of fused-ring (bicyclic) bond motifs is 1. The van der Waals surface area contributed by atoms with E-state index in [1.165, 1.54) is 12.5 Å². The lowest BCUT2D eigenvalue weighted by Crippen LogP contribution is -2.49. The Labute approximate surface area is 124 Å². The summed E-state index contributed by atoms with van der Waals surface area (Å²) in [5, 5.41) is 0. The normalized spacial score (nSPS) is 27.6. The lowest BCUT2D eigenvalue weighted by Gasteiger charge is -2.38. The van der Waals surface area contributed by atoms with Crippen LogP contribution in [-0.4, -0.2) is 36.7 Å². The van der Waals surface area contributed by atoms with Crippen molar-refractivity contribution in [3.8, 4) is 0 Å². The maximum absolute atomic E-state index is 13.7. The van der Waals surface area contributed by atoms with Gasteiger partial charge >= 0.3 is 0 Å². The Morgan fingerprint density at radius 2 is 2.19 bits per heavy atom. The largest absolute Gasteiger partial charge is 0.375 e. The maximum atomic E-state index is 13.7. The van der Waals surface area contributed by atoms with E-state index in [9.17, 15) is 8.78 Å². The van der Waals surface area contributed by atoms with Crippen LogP contribution in [0.1, 0.15) is 37.3 Å². The fourth-order valence-electron chi connectivity index (χ4n) is 3.55. The second kappa shape index (κ2) is 6.38. The van der Waals surface area contributed by atoms with E-state index >= 15 is 0 Å². The van der Waals surface area contributed by atoms with Gasteiger partial charge in [-0.2, -0.15) is 0 Å². The summed E-state index contributed by atoms with van der Waals surface area (Å²) < 4.78 is 32.8. The van der Waals surface area contributed by atoms with Gasteiger partial charge in [-0.15, -0.1) is 0 Å². The van der Waals surface area contributed by atoms with E-state index in [-0.39, 0.29) is 5.56 Å². The van der Waals surface area contributed by atoms with Gasteiger partial charge < -0.3 is 10.5 Å². The average molecular weight is 296 g/mol. The maximum Gasteiger partial charge on any atom is 0.163 e. The van der Waals surface area contributed by atoms with Crippen molar-refractivity contribution in [2.24, 2.45) is 5.73 Å². The molecule has 0 aromatic heterocycles. The van der Waals surface area contributed by atoms with E-state index in [4.69, 9.17) is 10.5 Å². The summed E-state index contributed by atoms with van der Waals surface area (Å²) in [5.41, 5.74) is 6.32. The monoisotopic (exact) mass is 296 g/mol. The third kappa shape index (κ3) is 3.10. The van der Waals surface area contributed by atoms with E-state index < -0.39 is 17.7 Å². The first-order valence-corrected chi connectivity index (χ1v) is 7.72. The molecule has 1 saturated carbocycles. The Hall–Kier alpha value is -1.04. The first kappa shape index (κ1) is 14.9. The molecule has 1 aromatic rings. The molecule has 1 aromatic carbocycles. The van der Waals surface area contributed by atoms with Crippen LogP contribution in [0.4, 0.5) is 8.78 Å². The summed E-state index contributed by atoms with van der Waals surface area (Å²) in [6.07, 6.45) is 4.47. The summed E-state index contributed by atoms with van der Waals surface area (Å²) in [5.74, 6) is -1.64. The molecule has 3 atom stereocenters. The molecule has 0 amide bonds. The van der Waals surface area contributed by atoms with Crippen LogP contribution in [0.15, 0.2) is 18.2 Å². The third-order valence-electron chi connectivity index (χ3n) is 4.71. The molecule has 21 heavy (non-hydrogen) atoms. The zero-order valence-corrected chi connectivity index (χ0v) is 12.1. The van der Waals surface area contributed by atoms with Crippen molar-refractivity contribution in [2.75, 3.05) is 19.7 Å². The van der Waals surface area contributed by atoms with E-state index in [1.807, 2.05) is 0 Å². The van der Waals surface area contributed by atoms with Crippen LogP contribution in [0.2, 0.25) is 0 Å². The highest BCUT2D eigenvalue weighted by molar-refractivity contribution is 5.22. The molecule has 1 saturated heterocycles. The molecule has 0 bridgehead atoms. The van der Waals surface area contributed by atoms with Crippen LogP contribution in [0.3, 0.4) is 0 Å². The quantitative estimate of drug-likeness (QED) is 0.928. The smallest absolute Gasteiger partial charge is 0.163 e. The van der Waals surface area contributed by atoms with Crippen molar-refractivity contribution < 1.29 is 13.5 Å². The van der Waals surface area contributed by atoms with Gasteiger partial charge in [-0.1, -0.05) is 12.1 Å². The average Bonchev–Trinajstić information content (AvgIpc) is 2.96. The number of nitrogens with zero attached hydrogens (tertiary/aromatic N) is 1. The highest BCUT2D eigenvalue weighted by atomic mass is 19.2. The molecule has 1 aliphatic heterocycles. The molecular weight excluding hydrogens is 274 g/mol. The Balaban J connectivity index is 1.60. The minimum Gasteiger partial charge on any atom is -0.375 e. The zero-order chi connectivity index (χ0) is 14.8. The van der Waals surface area contributed by atoms with Gasteiger partial charge in [0.2, 0.25) is 0 Å². The molecule has 1 heterocycles. The molecule has 2 aliphatic rings. The molecule has 5 heteroatoms. The van der Waals surface area contributed by atoms with Gasteiger partial charge in [-0.05, 0) is 31.7 Å².